The van der Waals surface area contributed by atoms with Gasteiger partial charge in [-0.25, -0.2) is 0 Å². The van der Waals surface area contributed by atoms with Gasteiger partial charge < -0.3 is 0 Å². The predicted molar refractivity (Wildman–Crippen MR) is 43.3 cm³/mol. The Bertz CT molecular complexity index is 235. The second-order valence-electron chi connectivity index (χ2n) is 4.15. The van der Waals surface area contributed by atoms with Crippen LogP contribution in [-0.2, 0) is 20.6 Å². The molecule has 0 N–H and O–H groups in total. The Hall–Kier alpha value is 0.314. The molecule has 0 saturated carbocycles. The van der Waals surface area contributed by atoms with Crippen LogP contribution in [0.3, 0.4) is 0 Å². The molecule has 0 atom stereocenters. The quantitative estimate of drug-likeness (QED) is 0.643. The zero-order chi connectivity index (χ0) is 9.24. The van der Waals surface area contributed by atoms with Crippen LogP contribution in [0.25, 0.3) is 0 Å². The number of rotatable bonds is 4. The Balaban J connectivity index is 5.47. The summed E-state index contributed by atoms with van der Waals surface area (Å²) in [5, 5.41) is 0. The fourth-order valence-corrected chi connectivity index (χ4v) is 6.18. The van der Waals surface area contributed by atoms with Crippen LogP contribution in [0.1, 0.15) is 27.7 Å². The molecule has 3 heteroatoms. The van der Waals surface area contributed by atoms with Gasteiger partial charge >= 0.3 is 67.2 Å². The van der Waals surface area contributed by atoms with Crippen LogP contribution in [0, 0.1) is 0 Å². The van der Waals surface area contributed by atoms with E-state index in [1.165, 1.54) is 0 Å². The summed E-state index contributed by atoms with van der Waals surface area (Å²) in [4.78, 5) is 0. The second-order valence-corrected chi connectivity index (χ2v) is 17.1. The molecule has 0 aliphatic rings. The van der Waals surface area contributed by atoms with Gasteiger partial charge in [0, 0.05) is 0 Å². The standard InChI is InChI=1S/4C2H5.2O.Ti/c4*1-2;;;/h4*1H2,2H3;;;. The van der Waals surface area contributed by atoms with E-state index < -0.39 is 14.0 Å². The third-order valence-corrected chi connectivity index (χ3v) is 17.1. The molecule has 0 radical (unpaired) electrons. The molecule has 0 rings (SSSR count). The molecule has 0 unspecified atom stereocenters. The SMILES string of the molecule is C[CH2][Ti](=[O])(=[O])([CH2]C)([CH2]C)[CH2]C. The van der Waals surface area contributed by atoms with E-state index in [1.807, 2.05) is 0 Å². The average molecular weight is 196 g/mol. The molecule has 2 nitrogen and oxygen atoms in total. The molecule has 11 heavy (non-hydrogen) atoms. The van der Waals surface area contributed by atoms with Crippen LogP contribution < -0.4 is 0 Å². The van der Waals surface area contributed by atoms with Gasteiger partial charge in [0.1, 0.15) is 0 Å². The predicted octanol–water partition coefficient (Wildman–Crippen LogP) is 3.66. The Morgan fingerprint density at radius 2 is 0.909 bits per heavy atom. The zero-order valence-corrected chi connectivity index (χ0v) is 9.71. The normalized spacial score (nSPS) is 15.6. The molecule has 0 spiro atoms. The van der Waals surface area contributed by atoms with Crippen LogP contribution >= 0.6 is 0 Å². The summed E-state index contributed by atoms with van der Waals surface area (Å²) < 4.78 is 26.1. The molecule has 0 aliphatic carbocycles. The van der Waals surface area contributed by atoms with Crippen LogP contribution in [-0.4, -0.2) is 0 Å². The first-order valence-corrected chi connectivity index (χ1v) is 10.3. The van der Waals surface area contributed by atoms with E-state index in [0.29, 0.717) is 18.9 Å². The van der Waals surface area contributed by atoms with Gasteiger partial charge in [-0.2, -0.15) is 0 Å². The van der Waals surface area contributed by atoms with Crippen LogP contribution in [0.4, 0.5) is 0 Å². The first-order chi connectivity index (χ1) is 4.80. The summed E-state index contributed by atoms with van der Waals surface area (Å²) in [5.41, 5.74) is 0. The van der Waals surface area contributed by atoms with Crippen molar-refractivity contribution >= 4 is 0 Å². The van der Waals surface area contributed by atoms with E-state index in [-0.39, 0.29) is 0 Å². The van der Waals surface area contributed by atoms with Crippen molar-refractivity contribution in [3.05, 3.63) is 0 Å². The van der Waals surface area contributed by atoms with Gasteiger partial charge in [0.15, 0.2) is 0 Å². The summed E-state index contributed by atoms with van der Waals surface area (Å²) in [6.45, 7) is 7.12. The van der Waals surface area contributed by atoms with Gasteiger partial charge in [0.2, 0.25) is 0 Å². The van der Waals surface area contributed by atoms with Gasteiger partial charge in [-0.1, -0.05) is 0 Å². The second kappa shape index (κ2) is 2.40. The van der Waals surface area contributed by atoms with Gasteiger partial charge in [0.05, 0.1) is 0 Å². The third kappa shape index (κ3) is 1.73. The fourth-order valence-electron chi connectivity index (χ4n) is 1.50. The van der Waals surface area contributed by atoms with Crippen LogP contribution in [0.15, 0.2) is 0 Å². The van der Waals surface area contributed by atoms with Crippen molar-refractivity contribution in [1.82, 2.24) is 0 Å². The molecular formula is C8H20O2Ti. The van der Waals surface area contributed by atoms with Crippen molar-refractivity contribution in [1.29, 1.82) is 0 Å². The van der Waals surface area contributed by atoms with E-state index >= 15 is 0 Å². The molecule has 0 aromatic carbocycles. The minimum absolute atomic E-state index is 0.351. The average Bonchev–Trinajstić information content (AvgIpc) is 2.07. The number of hydrogen-bond donors (Lipinski definition) is 0. The van der Waals surface area contributed by atoms with Gasteiger partial charge in [-0.05, 0) is 0 Å². The molecule has 0 aromatic heterocycles. The first-order valence-electron chi connectivity index (χ1n) is 4.65. The first kappa shape index (κ1) is 11.3. The van der Waals surface area contributed by atoms with Crippen molar-refractivity contribution in [2.45, 2.75) is 46.6 Å². The summed E-state index contributed by atoms with van der Waals surface area (Å²) in [5.74, 6) is 0. The molecule has 0 aliphatic heterocycles. The maximum atomic E-state index is 12.4. The molecule has 0 heterocycles. The Morgan fingerprint density at radius 1 is 0.727 bits per heavy atom. The molecule has 0 aromatic rings. The van der Waals surface area contributed by atoms with Gasteiger partial charge in [0.25, 0.3) is 0 Å². The molecule has 0 fully saturated rings. The number of hydrogen-bond acceptors (Lipinski definition) is 2. The van der Waals surface area contributed by atoms with Gasteiger partial charge in [-0.3, -0.25) is 0 Å². The molecule has 68 valence electrons. The zero-order valence-electron chi connectivity index (χ0n) is 8.14. The monoisotopic (exact) mass is 196 g/mol. The van der Waals surface area contributed by atoms with E-state index in [1.54, 1.807) is 27.7 Å². The Labute approximate surface area is 67.4 Å². The van der Waals surface area contributed by atoms with E-state index in [4.69, 9.17) is 0 Å². The van der Waals surface area contributed by atoms with Crippen LogP contribution in [0.2, 0.25) is 18.9 Å². The molecule has 0 bridgehead atoms. The summed E-state index contributed by atoms with van der Waals surface area (Å²) in [6, 6.07) is 0. The molecule has 0 amide bonds. The van der Waals surface area contributed by atoms with E-state index in [0.717, 1.165) is 0 Å². The Kier molecular flexibility index (Phi) is 2.47. The van der Waals surface area contributed by atoms with Crippen LogP contribution in [0.5, 0.6) is 0 Å². The Morgan fingerprint density at radius 3 is 0.909 bits per heavy atom. The minimum atomic E-state index is -4.91. The fraction of sp³-hybridized carbons (Fsp3) is 1.00. The molecular weight excluding hydrogens is 176 g/mol. The summed E-state index contributed by atoms with van der Waals surface area (Å²) >= 11 is -4.91. The summed E-state index contributed by atoms with van der Waals surface area (Å²) in [7, 11) is 0. The van der Waals surface area contributed by atoms with E-state index in [9.17, 15) is 6.65 Å². The summed E-state index contributed by atoms with van der Waals surface area (Å²) in [6.07, 6.45) is 0. The van der Waals surface area contributed by atoms with E-state index in [2.05, 4.69) is 0 Å². The molecule has 0 saturated heterocycles. The third-order valence-electron chi connectivity index (χ3n) is 4.15. The van der Waals surface area contributed by atoms with Crippen molar-refractivity contribution in [3.63, 3.8) is 0 Å². The maximum absolute atomic E-state index is 12.4. The van der Waals surface area contributed by atoms with Crippen molar-refractivity contribution in [2.24, 2.45) is 0 Å². The van der Waals surface area contributed by atoms with Crippen molar-refractivity contribution < 1.29 is 20.6 Å². The van der Waals surface area contributed by atoms with Gasteiger partial charge in [-0.15, -0.1) is 0 Å². The van der Waals surface area contributed by atoms with Crippen molar-refractivity contribution in [2.75, 3.05) is 0 Å². The van der Waals surface area contributed by atoms with Crippen molar-refractivity contribution in [3.8, 4) is 0 Å². The topological polar surface area (TPSA) is 34.1 Å².